The number of rotatable bonds is 6. The number of carboxylic acid groups (broad SMARTS) is 1. The molecule has 0 atom stereocenters. The number of nitrogens with one attached hydrogen (secondary N) is 1. The van der Waals surface area contributed by atoms with E-state index in [1.165, 1.54) is 16.6 Å². The molecule has 0 bridgehead atoms. The zero-order valence-corrected chi connectivity index (χ0v) is 14.1. The standard InChI is InChI=1S/C14H22N4O4S/c1-3-17(2)23(21,22)16-12-6-8-18(9-7-12)13-5-4-11(10-15-13)14(19)20/h4-5,10,12,16H,3,6-9H2,1-2H3,(H,19,20). The molecule has 2 N–H and O–H groups in total. The first kappa shape index (κ1) is 17.6. The van der Waals surface area contributed by atoms with Gasteiger partial charge in [-0.3, -0.25) is 0 Å². The maximum Gasteiger partial charge on any atom is 0.337 e. The lowest BCUT2D eigenvalue weighted by atomic mass is 10.1. The molecule has 9 heteroatoms. The largest absolute Gasteiger partial charge is 0.478 e. The zero-order chi connectivity index (χ0) is 17.0. The third-order valence-electron chi connectivity index (χ3n) is 3.99. The van der Waals surface area contributed by atoms with Crippen molar-refractivity contribution in [3.8, 4) is 0 Å². The molecule has 0 unspecified atom stereocenters. The number of carboxylic acids is 1. The molecule has 0 aliphatic carbocycles. The summed E-state index contributed by atoms with van der Waals surface area (Å²) in [5.74, 6) is -0.292. The Labute approximate surface area is 136 Å². The van der Waals surface area contributed by atoms with Crippen LogP contribution in [0.25, 0.3) is 0 Å². The summed E-state index contributed by atoms with van der Waals surface area (Å²) in [6.07, 6.45) is 2.70. The van der Waals surface area contributed by atoms with E-state index in [2.05, 4.69) is 9.71 Å². The molecule has 0 amide bonds. The van der Waals surface area contributed by atoms with Crippen molar-refractivity contribution in [3.05, 3.63) is 23.9 Å². The molecule has 0 aromatic carbocycles. The van der Waals surface area contributed by atoms with Crippen LogP contribution in [0.1, 0.15) is 30.1 Å². The predicted molar refractivity (Wildman–Crippen MR) is 86.8 cm³/mol. The average molecular weight is 342 g/mol. The number of anilines is 1. The molecule has 128 valence electrons. The van der Waals surface area contributed by atoms with Crippen molar-refractivity contribution in [3.63, 3.8) is 0 Å². The molecule has 1 saturated heterocycles. The first-order valence-electron chi connectivity index (χ1n) is 7.51. The Morgan fingerprint density at radius 1 is 1.43 bits per heavy atom. The normalized spacial score (nSPS) is 16.7. The monoisotopic (exact) mass is 342 g/mol. The number of hydrogen-bond donors (Lipinski definition) is 2. The lowest BCUT2D eigenvalue weighted by molar-refractivity contribution is 0.0696. The second kappa shape index (κ2) is 7.24. The van der Waals surface area contributed by atoms with Crippen molar-refractivity contribution in [1.82, 2.24) is 14.0 Å². The highest BCUT2D eigenvalue weighted by atomic mass is 32.2. The van der Waals surface area contributed by atoms with Crippen LogP contribution in [0.2, 0.25) is 0 Å². The van der Waals surface area contributed by atoms with Crippen LogP contribution in [-0.2, 0) is 10.2 Å². The summed E-state index contributed by atoms with van der Waals surface area (Å²) in [4.78, 5) is 17.0. The van der Waals surface area contributed by atoms with E-state index >= 15 is 0 Å². The van der Waals surface area contributed by atoms with Crippen LogP contribution in [0, 0.1) is 0 Å². The third-order valence-corrected chi connectivity index (χ3v) is 5.70. The highest BCUT2D eigenvalue weighted by Crippen LogP contribution is 2.18. The Kier molecular flexibility index (Phi) is 5.55. The molecule has 1 aliphatic heterocycles. The molecule has 2 heterocycles. The molecule has 1 fully saturated rings. The van der Waals surface area contributed by atoms with E-state index < -0.39 is 16.2 Å². The van der Waals surface area contributed by atoms with E-state index in [1.807, 2.05) is 4.90 Å². The van der Waals surface area contributed by atoms with Crippen molar-refractivity contribution < 1.29 is 18.3 Å². The highest BCUT2D eigenvalue weighted by Gasteiger charge is 2.25. The fourth-order valence-electron chi connectivity index (χ4n) is 2.40. The molecule has 0 saturated carbocycles. The number of piperidine rings is 1. The van der Waals surface area contributed by atoms with E-state index in [0.717, 1.165) is 0 Å². The Morgan fingerprint density at radius 3 is 2.57 bits per heavy atom. The number of aromatic nitrogens is 1. The minimum Gasteiger partial charge on any atom is -0.478 e. The summed E-state index contributed by atoms with van der Waals surface area (Å²) < 4.78 is 28.0. The number of pyridine rings is 1. The fraction of sp³-hybridized carbons (Fsp3) is 0.571. The van der Waals surface area contributed by atoms with Crippen LogP contribution in [0.15, 0.2) is 18.3 Å². The van der Waals surface area contributed by atoms with Gasteiger partial charge in [0.25, 0.3) is 10.2 Å². The molecule has 1 aliphatic rings. The predicted octanol–water partition coefficient (Wildman–Crippen LogP) is 0.535. The molecular weight excluding hydrogens is 320 g/mol. The Bertz CT molecular complexity index is 639. The summed E-state index contributed by atoms with van der Waals surface area (Å²) in [7, 11) is -1.88. The maximum atomic E-state index is 12.0. The second-order valence-corrected chi connectivity index (χ2v) is 7.32. The van der Waals surface area contributed by atoms with Crippen LogP contribution < -0.4 is 9.62 Å². The summed E-state index contributed by atoms with van der Waals surface area (Å²) in [5.41, 5.74) is 0.152. The van der Waals surface area contributed by atoms with E-state index in [4.69, 9.17) is 5.11 Å². The van der Waals surface area contributed by atoms with Crippen molar-refractivity contribution >= 4 is 22.0 Å². The van der Waals surface area contributed by atoms with E-state index in [1.54, 1.807) is 20.0 Å². The Balaban J connectivity index is 1.92. The van der Waals surface area contributed by atoms with Crippen LogP contribution in [0.4, 0.5) is 5.82 Å². The summed E-state index contributed by atoms with van der Waals surface area (Å²) in [6.45, 7) is 3.55. The lowest BCUT2D eigenvalue weighted by Crippen LogP contribution is -2.48. The Morgan fingerprint density at radius 2 is 2.09 bits per heavy atom. The van der Waals surface area contributed by atoms with E-state index in [9.17, 15) is 13.2 Å². The molecule has 0 spiro atoms. The number of carbonyl (C=O) groups is 1. The molecule has 1 aromatic rings. The summed E-state index contributed by atoms with van der Waals surface area (Å²) >= 11 is 0. The minimum atomic E-state index is -3.42. The van der Waals surface area contributed by atoms with Gasteiger partial charge >= 0.3 is 5.97 Å². The smallest absolute Gasteiger partial charge is 0.337 e. The Hall–Kier alpha value is -1.71. The fourth-order valence-corrected chi connectivity index (χ4v) is 3.57. The molecule has 1 aromatic heterocycles. The number of nitrogens with zero attached hydrogens (tertiary/aromatic N) is 3. The lowest BCUT2D eigenvalue weighted by Gasteiger charge is -2.33. The molecule has 23 heavy (non-hydrogen) atoms. The van der Waals surface area contributed by atoms with E-state index in [0.29, 0.717) is 38.3 Å². The van der Waals surface area contributed by atoms with Crippen molar-refractivity contribution in [2.45, 2.75) is 25.8 Å². The van der Waals surface area contributed by atoms with Gasteiger partial charge in [0.2, 0.25) is 0 Å². The molecule has 8 nitrogen and oxygen atoms in total. The van der Waals surface area contributed by atoms with Crippen LogP contribution in [-0.4, -0.2) is 61.5 Å². The minimum absolute atomic E-state index is 0.0939. The SMILES string of the molecule is CCN(C)S(=O)(=O)NC1CCN(c2ccc(C(=O)O)cn2)CC1. The molecule has 2 rings (SSSR count). The quantitative estimate of drug-likeness (QED) is 0.782. The van der Waals surface area contributed by atoms with Gasteiger partial charge in [-0.15, -0.1) is 0 Å². The maximum absolute atomic E-state index is 12.0. The summed E-state index contributed by atoms with van der Waals surface area (Å²) in [6, 6.07) is 3.11. The first-order valence-corrected chi connectivity index (χ1v) is 8.95. The van der Waals surface area contributed by atoms with Crippen LogP contribution in [0.3, 0.4) is 0 Å². The summed E-state index contributed by atoms with van der Waals surface area (Å²) in [5, 5.41) is 8.87. The van der Waals surface area contributed by atoms with Gasteiger partial charge in [-0.25, -0.2) is 9.78 Å². The van der Waals surface area contributed by atoms with Gasteiger partial charge in [-0.05, 0) is 25.0 Å². The zero-order valence-electron chi connectivity index (χ0n) is 13.3. The molecular formula is C14H22N4O4S. The number of aromatic carboxylic acids is 1. The van der Waals surface area contributed by atoms with Crippen LogP contribution >= 0.6 is 0 Å². The van der Waals surface area contributed by atoms with Crippen LogP contribution in [0.5, 0.6) is 0 Å². The van der Waals surface area contributed by atoms with Gasteiger partial charge in [-0.2, -0.15) is 17.4 Å². The van der Waals surface area contributed by atoms with Gasteiger partial charge in [0, 0.05) is 38.9 Å². The van der Waals surface area contributed by atoms with E-state index in [-0.39, 0.29) is 11.6 Å². The van der Waals surface area contributed by atoms with Crippen molar-refractivity contribution in [2.24, 2.45) is 0 Å². The van der Waals surface area contributed by atoms with Gasteiger partial charge in [0.15, 0.2) is 0 Å². The molecule has 0 radical (unpaired) electrons. The topological polar surface area (TPSA) is 103 Å². The van der Waals surface area contributed by atoms with Crippen molar-refractivity contribution in [2.75, 3.05) is 31.6 Å². The van der Waals surface area contributed by atoms with Gasteiger partial charge < -0.3 is 10.0 Å². The van der Waals surface area contributed by atoms with Gasteiger partial charge in [-0.1, -0.05) is 6.92 Å². The third kappa shape index (κ3) is 4.40. The highest BCUT2D eigenvalue weighted by molar-refractivity contribution is 7.87. The first-order chi connectivity index (χ1) is 10.8. The number of hydrogen-bond acceptors (Lipinski definition) is 5. The van der Waals surface area contributed by atoms with Gasteiger partial charge in [0.05, 0.1) is 5.56 Å². The van der Waals surface area contributed by atoms with Gasteiger partial charge in [0.1, 0.15) is 5.82 Å². The average Bonchev–Trinajstić information content (AvgIpc) is 2.54. The second-order valence-electron chi connectivity index (χ2n) is 5.51. The van der Waals surface area contributed by atoms with Crippen molar-refractivity contribution in [1.29, 1.82) is 0 Å².